The third-order valence-electron chi connectivity index (χ3n) is 2.52. The first kappa shape index (κ1) is 13.8. The lowest BCUT2D eigenvalue weighted by Crippen LogP contribution is -2.22. The molecule has 0 fully saturated rings. The van der Waals surface area contributed by atoms with Crippen molar-refractivity contribution in [1.29, 1.82) is 0 Å². The summed E-state index contributed by atoms with van der Waals surface area (Å²) in [6.45, 7) is 4.92. The van der Waals surface area contributed by atoms with Crippen LogP contribution in [-0.4, -0.2) is 11.0 Å². The number of halogens is 1. The fourth-order valence-electron chi connectivity index (χ4n) is 1.56. The molecular weight excluding hydrogens is 260 g/mol. The number of rotatable bonds is 5. The van der Waals surface area contributed by atoms with Crippen LogP contribution in [-0.2, 0) is 6.54 Å². The Bertz CT molecular complexity index is 543. The Kier molecular flexibility index (Phi) is 4.77. The van der Waals surface area contributed by atoms with Gasteiger partial charge in [0.15, 0.2) is 0 Å². The number of pyridine rings is 1. The van der Waals surface area contributed by atoms with Crippen LogP contribution in [0.5, 0.6) is 11.6 Å². The van der Waals surface area contributed by atoms with Gasteiger partial charge in [0.2, 0.25) is 5.88 Å². The van der Waals surface area contributed by atoms with Crippen molar-refractivity contribution in [2.24, 2.45) is 0 Å². The van der Waals surface area contributed by atoms with Gasteiger partial charge in [-0.2, -0.15) is 0 Å². The van der Waals surface area contributed by atoms with Gasteiger partial charge in [-0.25, -0.2) is 4.98 Å². The normalized spacial score (nSPS) is 10.7. The monoisotopic (exact) mass is 276 g/mol. The highest BCUT2D eigenvalue weighted by molar-refractivity contribution is 6.32. The van der Waals surface area contributed by atoms with Crippen LogP contribution in [0.3, 0.4) is 0 Å². The molecule has 0 spiro atoms. The second kappa shape index (κ2) is 6.55. The molecule has 1 aromatic heterocycles. The van der Waals surface area contributed by atoms with Crippen molar-refractivity contribution in [2.75, 3.05) is 0 Å². The minimum Gasteiger partial charge on any atom is -0.437 e. The van der Waals surface area contributed by atoms with Gasteiger partial charge < -0.3 is 10.1 Å². The number of para-hydroxylation sites is 1. The topological polar surface area (TPSA) is 34.1 Å². The molecule has 0 radical (unpaired) electrons. The molecule has 1 heterocycles. The minimum atomic E-state index is 0.426. The van der Waals surface area contributed by atoms with Gasteiger partial charge in [0.05, 0.1) is 10.7 Å². The van der Waals surface area contributed by atoms with Crippen molar-refractivity contribution in [3.05, 3.63) is 53.2 Å². The van der Waals surface area contributed by atoms with Crippen molar-refractivity contribution in [1.82, 2.24) is 10.3 Å². The van der Waals surface area contributed by atoms with E-state index >= 15 is 0 Å². The zero-order chi connectivity index (χ0) is 13.7. The summed E-state index contributed by atoms with van der Waals surface area (Å²) in [5.41, 5.74) is 0.943. The van der Waals surface area contributed by atoms with Gasteiger partial charge in [0, 0.05) is 18.7 Å². The van der Waals surface area contributed by atoms with E-state index in [2.05, 4.69) is 24.1 Å². The van der Waals surface area contributed by atoms with Crippen LogP contribution in [0.4, 0.5) is 0 Å². The van der Waals surface area contributed by atoms with Crippen molar-refractivity contribution in [2.45, 2.75) is 26.4 Å². The van der Waals surface area contributed by atoms with E-state index < -0.39 is 0 Å². The highest BCUT2D eigenvalue weighted by atomic mass is 35.5. The zero-order valence-corrected chi connectivity index (χ0v) is 11.8. The number of nitrogens with zero attached hydrogens (tertiary/aromatic N) is 1. The second-order valence-electron chi connectivity index (χ2n) is 4.54. The van der Waals surface area contributed by atoms with Gasteiger partial charge in [-0.15, -0.1) is 0 Å². The number of hydrogen-bond donors (Lipinski definition) is 1. The molecule has 0 bridgehead atoms. The van der Waals surface area contributed by atoms with Crippen molar-refractivity contribution in [3.8, 4) is 11.6 Å². The van der Waals surface area contributed by atoms with E-state index in [1.54, 1.807) is 6.07 Å². The summed E-state index contributed by atoms with van der Waals surface area (Å²) in [4.78, 5) is 4.44. The smallest absolute Gasteiger partial charge is 0.219 e. The average Bonchev–Trinajstić information content (AvgIpc) is 2.40. The number of nitrogens with one attached hydrogen (secondary N) is 1. The Labute approximate surface area is 118 Å². The summed E-state index contributed by atoms with van der Waals surface area (Å²) in [5.74, 6) is 1.17. The van der Waals surface area contributed by atoms with Crippen molar-refractivity contribution < 1.29 is 4.74 Å². The number of benzene rings is 1. The van der Waals surface area contributed by atoms with Crippen LogP contribution in [0.15, 0.2) is 42.5 Å². The van der Waals surface area contributed by atoms with E-state index in [9.17, 15) is 0 Å². The fourth-order valence-corrected chi connectivity index (χ4v) is 1.74. The molecule has 0 aliphatic rings. The van der Waals surface area contributed by atoms with Crippen LogP contribution in [0.1, 0.15) is 19.5 Å². The summed E-state index contributed by atoms with van der Waals surface area (Å²) in [6, 6.07) is 13.5. The standard InChI is InChI=1S/C15H17ClN2O/c1-11(2)17-10-12-6-5-9-15(18-12)19-14-8-4-3-7-13(14)16/h3-9,11,17H,10H2,1-2H3. The van der Waals surface area contributed by atoms with Crippen LogP contribution >= 0.6 is 11.6 Å². The van der Waals surface area contributed by atoms with Gasteiger partial charge in [-0.1, -0.05) is 43.6 Å². The van der Waals surface area contributed by atoms with Gasteiger partial charge >= 0.3 is 0 Å². The summed E-state index contributed by atoms with van der Waals surface area (Å²) >= 11 is 6.05. The molecule has 0 saturated carbocycles. The molecule has 1 aromatic carbocycles. The predicted octanol–water partition coefficient (Wildman–Crippen LogP) is 4.03. The third kappa shape index (κ3) is 4.23. The second-order valence-corrected chi connectivity index (χ2v) is 4.94. The number of hydrogen-bond acceptors (Lipinski definition) is 3. The zero-order valence-electron chi connectivity index (χ0n) is 11.1. The molecule has 0 saturated heterocycles. The summed E-state index contributed by atoms with van der Waals surface area (Å²) in [5, 5.41) is 3.90. The van der Waals surface area contributed by atoms with Crippen molar-refractivity contribution >= 4 is 11.6 Å². The Hall–Kier alpha value is -1.58. The Morgan fingerprint density at radius 1 is 1.16 bits per heavy atom. The summed E-state index contributed by atoms with van der Waals surface area (Å²) in [7, 11) is 0. The first-order valence-corrected chi connectivity index (χ1v) is 6.64. The van der Waals surface area contributed by atoms with E-state index in [-0.39, 0.29) is 0 Å². The third-order valence-corrected chi connectivity index (χ3v) is 2.84. The first-order valence-electron chi connectivity index (χ1n) is 6.27. The maximum absolute atomic E-state index is 6.05. The molecule has 3 nitrogen and oxygen atoms in total. The molecule has 0 aliphatic heterocycles. The summed E-state index contributed by atoms with van der Waals surface area (Å²) in [6.07, 6.45) is 0. The number of ether oxygens (including phenoxy) is 1. The lowest BCUT2D eigenvalue weighted by molar-refractivity contribution is 0.458. The van der Waals surface area contributed by atoms with Crippen molar-refractivity contribution in [3.63, 3.8) is 0 Å². The fraction of sp³-hybridized carbons (Fsp3) is 0.267. The average molecular weight is 277 g/mol. The van der Waals surface area contributed by atoms with Crippen LogP contribution in [0.25, 0.3) is 0 Å². The quantitative estimate of drug-likeness (QED) is 0.895. The van der Waals surface area contributed by atoms with E-state index in [0.29, 0.717) is 22.7 Å². The van der Waals surface area contributed by atoms with E-state index in [1.807, 2.05) is 36.4 Å². The molecule has 100 valence electrons. The van der Waals surface area contributed by atoms with E-state index in [0.717, 1.165) is 12.2 Å². The molecule has 0 unspecified atom stereocenters. The number of aromatic nitrogens is 1. The molecule has 1 N–H and O–H groups in total. The van der Waals surface area contributed by atoms with E-state index in [4.69, 9.17) is 16.3 Å². The molecule has 0 amide bonds. The Morgan fingerprint density at radius 2 is 1.95 bits per heavy atom. The lowest BCUT2D eigenvalue weighted by Gasteiger charge is -2.10. The van der Waals surface area contributed by atoms with Gasteiger partial charge in [-0.05, 0) is 18.2 Å². The minimum absolute atomic E-state index is 0.426. The summed E-state index contributed by atoms with van der Waals surface area (Å²) < 4.78 is 5.69. The molecule has 4 heteroatoms. The maximum atomic E-state index is 6.05. The van der Waals surface area contributed by atoms with Crippen LogP contribution in [0.2, 0.25) is 5.02 Å². The molecule has 2 rings (SSSR count). The molecule has 0 atom stereocenters. The highest BCUT2D eigenvalue weighted by Crippen LogP contribution is 2.27. The molecule has 19 heavy (non-hydrogen) atoms. The SMILES string of the molecule is CC(C)NCc1cccc(Oc2ccccc2Cl)n1. The molecule has 0 aliphatic carbocycles. The van der Waals surface area contributed by atoms with Crippen LogP contribution < -0.4 is 10.1 Å². The lowest BCUT2D eigenvalue weighted by atomic mass is 10.3. The van der Waals surface area contributed by atoms with Gasteiger partial charge in [-0.3, -0.25) is 0 Å². The Balaban J connectivity index is 2.09. The maximum Gasteiger partial charge on any atom is 0.219 e. The van der Waals surface area contributed by atoms with Crippen LogP contribution in [0, 0.1) is 0 Å². The largest absolute Gasteiger partial charge is 0.437 e. The predicted molar refractivity (Wildman–Crippen MR) is 77.7 cm³/mol. The first-order chi connectivity index (χ1) is 9.15. The Morgan fingerprint density at radius 3 is 2.68 bits per heavy atom. The van der Waals surface area contributed by atoms with Gasteiger partial charge in [0.25, 0.3) is 0 Å². The molecular formula is C15H17ClN2O. The molecule has 2 aromatic rings. The van der Waals surface area contributed by atoms with Gasteiger partial charge in [0.1, 0.15) is 5.75 Å². The van der Waals surface area contributed by atoms with E-state index in [1.165, 1.54) is 0 Å². The highest BCUT2D eigenvalue weighted by Gasteiger charge is 2.04.